The minimum atomic E-state index is -1.65. The lowest BCUT2D eigenvalue weighted by atomic mass is 10.3. The number of hydrogen-bond acceptors (Lipinski definition) is 5. The molecule has 1 rings (SSSR count). The molecule has 1 N–H and O–H groups in total. The number of thiophene rings is 1. The largest absolute Gasteiger partial charge is 0.480 e. The molecule has 0 spiro atoms. The monoisotopic (exact) mass is 277 g/mol. The van der Waals surface area contributed by atoms with Gasteiger partial charge in [-0.05, 0) is 25.5 Å². The number of aryl methyl sites for hydroxylation is 1. The molecule has 5 nitrogen and oxygen atoms in total. The molecule has 7 heteroatoms. The number of carbonyl (C=O) groups is 1. The lowest BCUT2D eigenvalue weighted by Crippen LogP contribution is -2.36. The van der Waals surface area contributed by atoms with E-state index in [-0.39, 0.29) is 0 Å². The van der Waals surface area contributed by atoms with E-state index in [1.165, 1.54) is 25.3 Å². The summed E-state index contributed by atoms with van der Waals surface area (Å²) in [5.41, 5.74) is 0. The number of aliphatic carboxylic acids is 1. The van der Waals surface area contributed by atoms with E-state index >= 15 is 0 Å². The fourth-order valence-electron chi connectivity index (χ4n) is 1.00. The summed E-state index contributed by atoms with van der Waals surface area (Å²) in [7, 11) is 1.45. The van der Waals surface area contributed by atoms with Crippen molar-refractivity contribution in [2.75, 3.05) is 7.05 Å². The van der Waals surface area contributed by atoms with Crippen LogP contribution in [0.15, 0.2) is 16.3 Å². The second kappa shape index (κ2) is 6.25. The fourth-order valence-corrected chi connectivity index (χ4v) is 2.96. The Balaban J connectivity index is 2.63. The Morgan fingerprint density at radius 2 is 2.29 bits per heavy atom. The number of hydroxylamine groups is 2. The Kier molecular flexibility index (Phi) is 5.26. The fraction of sp³-hybridized carbons (Fsp3) is 0.500. The van der Waals surface area contributed by atoms with Crippen molar-refractivity contribution in [2.45, 2.75) is 30.5 Å². The van der Waals surface area contributed by atoms with Crippen LogP contribution in [0.1, 0.15) is 18.7 Å². The van der Waals surface area contributed by atoms with Gasteiger partial charge in [-0.25, -0.2) is 4.21 Å². The molecule has 0 aromatic carbocycles. The van der Waals surface area contributed by atoms with Crippen LogP contribution in [0, 0.1) is 0 Å². The maximum absolute atomic E-state index is 11.8. The Morgan fingerprint density at radius 1 is 1.65 bits per heavy atom. The van der Waals surface area contributed by atoms with E-state index in [1.54, 1.807) is 6.07 Å². The molecule has 0 saturated heterocycles. The van der Waals surface area contributed by atoms with Crippen molar-refractivity contribution >= 4 is 28.4 Å². The van der Waals surface area contributed by atoms with Crippen molar-refractivity contribution in [3.63, 3.8) is 0 Å². The van der Waals surface area contributed by atoms with E-state index in [9.17, 15) is 9.00 Å². The number of rotatable bonds is 6. The van der Waals surface area contributed by atoms with Crippen LogP contribution in [-0.4, -0.2) is 33.4 Å². The van der Waals surface area contributed by atoms with E-state index in [4.69, 9.17) is 9.39 Å². The molecule has 1 aromatic heterocycles. The van der Waals surface area contributed by atoms with Gasteiger partial charge in [-0.3, -0.25) is 4.79 Å². The summed E-state index contributed by atoms with van der Waals surface area (Å²) in [6.45, 7) is 3.48. The normalized spacial score (nSPS) is 14.8. The minimum absolute atomic E-state index is 0.589. The topological polar surface area (TPSA) is 66.8 Å². The van der Waals surface area contributed by atoms with Crippen LogP contribution in [0.25, 0.3) is 0 Å². The molecule has 96 valence electrons. The van der Waals surface area contributed by atoms with E-state index < -0.39 is 23.1 Å². The van der Waals surface area contributed by atoms with Gasteiger partial charge in [-0.2, -0.15) is 9.35 Å². The number of carboxylic acids is 1. The highest BCUT2D eigenvalue weighted by atomic mass is 32.2. The zero-order valence-electron chi connectivity index (χ0n) is 9.87. The molecule has 0 radical (unpaired) electrons. The summed E-state index contributed by atoms with van der Waals surface area (Å²) in [6, 6.07) is 2.78. The zero-order chi connectivity index (χ0) is 13.0. The van der Waals surface area contributed by atoms with Crippen molar-refractivity contribution in [3.05, 3.63) is 17.0 Å². The smallest absolute Gasteiger partial charge is 0.323 e. The number of likely N-dealkylation sites (N-methyl/N-ethyl adjacent to an activating group) is 1. The van der Waals surface area contributed by atoms with Crippen LogP contribution in [-0.2, 0) is 26.6 Å². The van der Waals surface area contributed by atoms with E-state index in [1.807, 2.05) is 13.0 Å². The molecule has 0 aliphatic rings. The van der Waals surface area contributed by atoms with Gasteiger partial charge in [0, 0.05) is 11.9 Å². The molecule has 0 fully saturated rings. The van der Waals surface area contributed by atoms with Gasteiger partial charge >= 0.3 is 5.97 Å². The summed E-state index contributed by atoms with van der Waals surface area (Å²) >= 11 is -0.246. The summed E-state index contributed by atoms with van der Waals surface area (Å²) in [4.78, 5) is 11.8. The maximum atomic E-state index is 11.8. The highest BCUT2D eigenvalue weighted by molar-refractivity contribution is 7.82. The predicted octanol–water partition coefficient (Wildman–Crippen LogP) is 1.67. The van der Waals surface area contributed by atoms with Gasteiger partial charge in [-0.1, -0.05) is 6.92 Å². The maximum Gasteiger partial charge on any atom is 0.323 e. The van der Waals surface area contributed by atoms with Crippen LogP contribution in [0.4, 0.5) is 0 Å². The molecule has 0 saturated carbocycles. The summed E-state index contributed by atoms with van der Waals surface area (Å²) in [5.74, 6) is -1.02. The molecule has 2 atom stereocenters. The molecule has 0 aliphatic heterocycles. The van der Waals surface area contributed by atoms with Crippen molar-refractivity contribution in [2.24, 2.45) is 0 Å². The van der Waals surface area contributed by atoms with Crippen LogP contribution >= 0.6 is 11.3 Å². The lowest BCUT2D eigenvalue weighted by Gasteiger charge is -2.18. The molecule has 1 aromatic rings. The standard InChI is InChI=1S/C10H15NO4S2/c1-4-8-5-6-9(16-8)17(14)15-11(3)7(2)10(12)13/h5-7H,4H2,1-3H3,(H,12,13). The summed E-state index contributed by atoms with van der Waals surface area (Å²) in [6.07, 6.45) is 0.878. The van der Waals surface area contributed by atoms with E-state index in [2.05, 4.69) is 0 Å². The van der Waals surface area contributed by atoms with Crippen molar-refractivity contribution in [1.82, 2.24) is 5.06 Å². The van der Waals surface area contributed by atoms with Crippen molar-refractivity contribution in [3.8, 4) is 0 Å². The van der Waals surface area contributed by atoms with Crippen molar-refractivity contribution < 1.29 is 18.4 Å². The van der Waals surface area contributed by atoms with Gasteiger partial charge in [0.25, 0.3) is 0 Å². The van der Waals surface area contributed by atoms with Crippen molar-refractivity contribution in [1.29, 1.82) is 0 Å². The first-order chi connectivity index (χ1) is 7.95. The number of hydrogen-bond donors (Lipinski definition) is 1. The van der Waals surface area contributed by atoms with Crippen LogP contribution < -0.4 is 0 Å². The van der Waals surface area contributed by atoms with Gasteiger partial charge < -0.3 is 5.11 Å². The molecular weight excluding hydrogens is 262 g/mol. The molecule has 0 aliphatic carbocycles. The number of carboxylic acid groups (broad SMARTS) is 1. The number of nitrogens with zero attached hydrogens (tertiary/aromatic N) is 1. The molecule has 0 bridgehead atoms. The highest BCUT2D eigenvalue weighted by Crippen LogP contribution is 2.21. The first-order valence-electron chi connectivity index (χ1n) is 5.10. The summed E-state index contributed by atoms with van der Waals surface area (Å²) in [5, 5.41) is 9.85. The third-order valence-corrected chi connectivity index (χ3v) is 4.76. The summed E-state index contributed by atoms with van der Waals surface area (Å²) < 4.78 is 17.4. The zero-order valence-corrected chi connectivity index (χ0v) is 11.5. The Bertz CT molecular complexity index is 418. The third kappa shape index (κ3) is 3.88. The second-order valence-corrected chi connectivity index (χ2v) is 5.93. The first kappa shape index (κ1) is 14.3. The highest BCUT2D eigenvalue weighted by Gasteiger charge is 2.21. The van der Waals surface area contributed by atoms with Gasteiger partial charge in [0.2, 0.25) is 11.1 Å². The molecule has 1 heterocycles. The second-order valence-electron chi connectivity index (χ2n) is 3.44. The average Bonchev–Trinajstić information content (AvgIpc) is 2.76. The van der Waals surface area contributed by atoms with Gasteiger partial charge in [0.05, 0.1) is 0 Å². The van der Waals surface area contributed by atoms with Gasteiger partial charge in [0.15, 0.2) is 0 Å². The van der Waals surface area contributed by atoms with Crippen LogP contribution in [0.5, 0.6) is 0 Å². The molecule has 2 unspecified atom stereocenters. The third-order valence-electron chi connectivity index (χ3n) is 2.24. The SMILES string of the molecule is CCc1ccc(S(=O)ON(C)C(C)C(=O)O)s1. The van der Waals surface area contributed by atoms with E-state index in [0.29, 0.717) is 4.21 Å². The van der Waals surface area contributed by atoms with Gasteiger partial charge in [0.1, 0.15) is 10.3 Å². The lowest BCUT2D eigenvalue weighted by molar-refractivity contribution is -0.153. The average molecular weight is 277 g/mol. The molecular formula is C10H15NO4S2. The van der Waals surface area contributed by atoms with Crippen LogP contribution in [0.3, 0.4) is 0 Å². The Hall–Kier alpha value is -0.760. The first-order valence-corrected chi connectivity index (χ1v) is 6.99. The predicted molar refractivity (Wildman–Crippen MR) is 66.1 cm³/mol. The Labute approximate surface area is 107 Å². The quantitative estimate of drug-likeness (QED) is 0.801. The minimum Gasteiger partial charge on any atom is -0.480 e. The molecule has 17 heavy (non-hydrogen) atoms. The van der Waals surface area contributed by atoms with Crippen LogP contribution in [0.2, 0.25) is 0 Å². The molecule has 0 amide bonds. The Morgan fingerprint density at radius 3 is 2.76 bits per heavy atom. The van der Waals surface area contributed by atoms with E-state index in [0.717, 1.165) is 16.4 Å². The van der Waals surface area contributed by atoms with Gasteiger partial charge in [-0.15, -0.1) is 11.3 Å².